The number of benzene rings is 1. The molecule has 2 aromatic heterocycles. The first-order chi connectivity index (χ1) is 13.1. The predicted molar refractivity (Wildman–Crippen MR) is 105 cm³/mol. The number of carbonyl (C=O) groups is 1. The Morgan fingerprint density at radius 3 is 2.85 bits per heavy atom. The molecular formula is C18H12N4O3S2. The molecule has 0 aliphatic rings. The molecule has 134 valence electrons. The topological polar surface area (TPSA) is 109 Å². The van der Waals surface area contributed by atoms with Crippen molar-refractivity contribution in [3.63, 3.8) is 0 Å². The zero-order valence-corrected chi connectivity index (χ0v) is 15.4. The van der Waals surface area contributed by atoms with Gasteiger partial charge >= 0.3 is 0 Å². The highest BCUT2D eigenvalue weighted by Crippen LogP contribution is 2.28. The Bertz CT molecular complexity index is 1030. The Kier molecular flexibility index (Phi) is 5.80. The van der Waals surface area contributed by atoms with Crippen molar-refractivity contribution in [2.45, 2.75) is 5.03 Å². The maximum Gasteiger partial charge on any atom is 0.271 e. The molecule has 27 heavy (non-hydrogen) atoms. The molecule has 0 saturated carbocycles. The fourth-order valence-corrected chi connectivity index (χ4v) is 3.69. The number of pyridine rings is 1. The molecule has 0 atom stereocenters. The van der Waals surface area contributed by atoms with E-state index < -0.39 is 4.92 Å². The molecule has 3 rings (SSSR count). The zero-order chi connectivity index (χ0) is 19.2. The first-order valence-corrected chi connectivity index (χ1v) is 9.55. The van der Waals surface area contributed by atoms with Crippen LogP contribution in [0.15, 0.2) is 58.9 Å². The Balaban J connectivity index is 1.70. The lowest BCUT2D eigenvalue weighted by Gasteiger charge is -2.07. The first kappa shape index (κ1) is 18.6. The smallest absolute Gasteiger partial charge is 0.271 e. The van der Waals surface area contributed by atoms with Gasteiger partial charge in [-0.05, 0) is 29.6 Å². The molecule has 0 fully saturated rings. The van der Waals surface area contributed by atoms with Crippen molar-refractivity contribution in [3.8, 4) is 16.6 Å². The second kappa shape index (κ2) is 8.44. The fraction of sp³-hybridized carbons (Fsp3) is 0.0556. The van der Waals surface area contributed by atoms with Crippen LogP contribution in [-0.2, 0) is 4.79 Å². The van der Waals surface area contributed by atoms with Crippen LogP contribution >= 0.6 is 23.1 Å². The van der Waals surface area contributed by atoms with Crippen LogP contribution in [0.5, 0.6) is 0 Å². The molecule has 1 aromatic carbocycles. The molecule has 1 N–H and O–H groups in total. The quantitative estimate of drug-likeness (QED) is 0.377. The normalized spacial score (nSPS) is 10.2. The van der Waals surface area contributed by atoms with Crippen molar-refractivity contribution in [1.29, 1.82) is 5.26 Å². The van der Waals surface area contributed by atoms with E-state index in [4.69, 9.17) is 0 Å². The van der Waals surface area contributed by atoms with E-state index in [0.29, 0.717) is 16.3 Å². The number of amides is 1. The van der Waals surface area contributed by atoms with Gasteiger partial charge in [-0.25, -0.2) is 4.98 Å². The van der Waals surface area contributed by atoms with Gasteiger partial charge in [-0.1, -0.05) is 23.9 Å². The number of nitro benzene ring substituents is 1. The van der Waals surface area contributed by atoms with E-state index in [2.05, 4.69) is 16.4 Å². The summed E-state index contributed by atoms with van der Waals surface area (Å²) in [6, 6.07) is 15.1. The van der Waals surface area contributed by atoms with Crippen molar-refractivity contribution in [2.24, 2.45) is 0 Å². The maximum absolute atomic E-state index is 12.2. The van der Waals surface area contributed by atoms with Crippen LogP contribution in [0.2, 0.25) is 0 Å². The monoisotopic (exact) mass is 396 g/mol. The number of nitro groups is 1. The molecule has 1 amide bonds. The number of hydrogen-bond donors (Lipinski definition) is 1. The van der Waals surface area contributed by atoms with E-state index in [1.165, 1.54) is 29.5 Å². The molecule has 9 heteroatoms. The summed E-state index contributed by atoms with van der Waals surface area (Å²) in [4.78, 5) is 27.9. The third kappa shape index (κ3) is 4.69. The minimum Gasteiger partial charge on any atom is -0.325 e. The van der Waals surface area contributed by atoms with Crippen molar-refractivity contribution >= 4 is 40.4 Å². The maximum atomic E-state index is 12.2. The second-order valence-electron chi connectivity index (χ2n) is 5.28. The Morgan fingerprint density at radius 2 is 2.15 bits per heavy atom. The van der Waals surface area contributed by atoms with E-state index in [1.54, 1.807) is 18.2 Å². The van der Waals surface area contributed by atoms with Crippen LogP contribution < -0.4 is 5.32 Å². The third-order valence-electron chi connectivity index (χ3n) is 3.44. The number of hydrogen-bond acceptors (Lipinski definition) is 7. The fourth-order valence-electron chi connectivity index (χ4n) is 2.23. The lowest BCUT2D eigenvalue weighted by Crippen LogP contribution is -2.14. The Labute approximate surface area is 162 Å². The van der Waals surface area contributed by atoms with Crippen LogP contribution in [0.25, 0.3) is 10.6 Å². The molecule has 0 aliphatic heterocycles. The van der Waals surface area contributed by atoms with Crippen LogP contribution in [0.4, 0.5) is 11.4 Å². The predicted octanol–water partition coefficient (Wildman–Crippen LogP) is 4.32. The number of non-ortho nitro benzene ring substituents is 1. The number of thiophene rings is 1. The number of nitrogens with zero attached hydrogens (tertiary/aromatic N) is 3. The lowest BCUT2D eigenvalue weighted by atomic mass is 10.2. The van der Waals surface area contributed by atoms with Gasteiger partial charge in [0.05, 0.1) is 26.8 Å². The summed E-state index contributed by atoms with van der Waals surface area (Å²) >= 11 is 2.69. The van der Waals surface area contributed by atoms with Crippen molar-refractivity contribution in [3.05, 3.63) is 69.6 Å². The number of thioether (sulfide) groups is 1. The number of nitriles is 1. The van der Waals surface area contributed by atoms with Crippen molar-refractivity contribution < 1.29 is 9.72 Å². The minimum atomic E-state index is -0.524. The summed E-state index contributed by atoms with van der Waals surface area (Å²) in [5.74, 6) is -0.314. The Hall–Kier alpha value is -3.22. The van der Waals surface area contributed by atoms with Gasteiger partial charge in [0, 0.05) is 17.8 Å². The number of nitrogens with one attached hydrogen (secondary N) is 1. The van der Waals surface area contributed by atoms with Gasteiger partial charge in [0.2, 0.25) is 5.91 Å². The van der Waals surface area contributed by atoms with Gasteiger partial charge in [-0.15, -0.1) is 11.3 Å². The van der Waals surface area contributed by atoms with Crippen LogP contribution in [0, 0.1) is 21.4 Å². The second-order valence-corrected chi connectivity index (χ2v) is 7.19. The summed E-state index contributed by atoms with van der Waals surface area (Å²) in [7, 11) is 0. The van der Waals surface area contributed by atoms with E-state index in [9.17, 15) is 20.2 Å². The number of anilines is 1. The first-order valence-electron chi connectivity index (χ1n) is 7.69. The van der Waals surface area contributed by atoms with E-state index in [1.807, 2.05) is 17.5 Å². The van der Waals surface area contributed by atoms with Crippen LogP contribution in [0.3, 0.4) is 0 Å². The van der Waals surface area contributed by atoms with Gasteiger partial charge in [0.1, 0.15) is 11.1 Å². The molecule has 2 heterocycles. The molecule has 0 saturated heterocycles. The molecule has 7 nitrogen and oxygen atoms in total. The van der Waals surface area contributed by atoms with Crippen molar-refractivity contribution in [1.82, 2.24) is 4.98 Å². The molecule has 0 bridgehead atoms. The van der Waals surface area contributed by atoms with E-state index in [-0.39, 0.29) is 17.3 Å². The number of carbonyl (C=O) groups excluding carboxylic acids is 1. The van der Waals surface area contributed by atoms with Gasteiger partial charge in [-0.3, -0.25) is 14.9 Å². The zero-order valence-electron chi connectivity index (χ0n) is 13.8. The molecule has 0 spiro atoms. The molecule has 0 unspecified atom stereocenters. The lowest BCUT2D eigenvalue weighted by molar-refractivity contribution is -0.384. The summed E-state index contributed by atoms with van der Waals surface area (Å²) in [6.45, 7) is 0. The third-order valence-corrected chi connectivity index (χ3v) is 5.32. The Morgan fingerprint density at radius 1 is 1.30 bits per heavy atom. The SMILES string of the molecule is N#Cc1ccc(-c2cccs2)nc1SCC(=O)Nc1cccc([N+](=O)[O-])c1. The van der Waals surface area contributed by atoms with Crippen LogP contribution in [-0.4, -0.2) is 21.6 Å². The van der Waals surface area contributed by atoms with Gasteiger partial charge in [0.25, 0.3) is 5.69 Å². The summed E-state index contributed by atoms with van der Waals surface area (Å²) < 4.78 is 0. The summed E-state index contributed by atoms with van der Waals surface area (Å²) in [5, 5.41) is 25.1. The van der Waals surface area contributed by atoms with Crippen LogP contribution in [0.1, 0.15) is 5.56 Å². The van der Waals surface area contributed by atoms with Crippen molar-refractivity contribution in [2.75, 3.05) is 11.1 Å². The largest absolute Gasteiger partial charge is 0.325 e. The highest BCUT2D eigenvalue weighted by atomic mass is 32.2. The van der Waals surface area contributed by atoms with E-state index >= 15 is 0 Å². The standard InChI is InChI=1S/C18H12N4O3S2/c19-10-12-6-7-15(16-5-2-8-26-16)21-18(12)27-11-17(23)20-13-3-1-4-14(9-13)22(24)25/h1-9H,11H2,(H,20,23). The van der Waals surface area contributed by atoms with Gasteiger partial charge in [-0.2, -0.15) is 5.26 Å². The van der Waals surface area contributed by atoms with E-state index in [0.717, 1.165) is 22.3 Å². The molecular weight excluding hydrogens is 384 g/mol. The average Bonchev–Trinajstić information content (AvgIpc) is 3.21. The molecule has 0 radical (unpaired) electrons. The van der Waals surface area contributed by atoms with Gasteiger partial charge in [0.15, 0.2) is 0 Å². The number of rotatable bonds is 6. The highest BCUT2D eigenvalue weighted by molar-refractivity contribution is 8.00. The minimum absolute atomic E-state index is 0.0261. The number of aromatic nitrogens is 1. The highest BCUT2D eigenvalue weighted by Gasteiger charge is 2.12. The average molecular weight is 396 g/mol. The van der Waals surface area contributed by atoms with Gasteiger partial charge < -0.3 is 5.32 Å². The molecule has 3 aromatic rings. The summed E-state index contributed by atoms with van der Waals surface area (Å²) in [6.07, 6.45) is 0. The summed E-state index contributed by atoms with van der Waals surface area (Å²) in [5.41, 5.74) is 1.38. The molecule has 0 aliphatic carbocycles.